The number of ether oxygens (including phenoxy) is 1. The Morgan fingerprint density at radius 1 is 1.32 bits per heavy atom. The third-order valence-electron chi connectivity index (χ3n) is 4.00. The van der Waals surface area contributed by atoms with E-state index in [0.29, 0.717) is 12.0 Å². The van der Waals surface area contributed by atoms with Crippen molar-refractivity contribution in [2.75, 3.05) is 37.4 Å². The highest BCUT2D eigenvalue weighted by molar-refractivity contribution is 5.53. The van der Waals surface area contributed by atoms with Crippen molar-refractivity contribution in [3.8, 4) is 0 Å². The molecule has 19 heavy (non-hydrogen) atoms. The highest BCUT2D eigenvalue weighted by Crippen LogP contribution is 2.27. The minimum absolute atomic E-state index is 0.384. The Hall–Kier alpha value is -1.40. The van der Waals surface area contributed by atoms with Gasteiger partial charge in [-0.1, -0.05) is 0 Å². The number of anilines is 2. The molecule has 0 spiro atoms. The Morgan fingerprint density at radius 3 is 2.89 bits per heavy atom. The summed E-state index contributed by atoms with van der Waals surface area (Å²) in [4.78, 5) is 11.1. The Balaban J connectivity index is 1.92. The van der Waals surface area contributed by atoms with E-state index in [2.05, 4.69) is 27.2 Å². The lowest BCUT2D eigenvalue weighted by atomic mass is 10.0. The van der Waals surface area contributed by atoms with Crippen LogP contribution in [0.3, 0.4) is 0 Å². The van der Waals surface area contributed by atoms with Gasteiger partial charge in [-0.05, 0) is 12.8 Å². The number of nitrogens with zero attached hydrogens (tertiary/aromatic N) is 3. The van der Waals surface area contributed by atoms with E-state index in [9.17, 15) is 0 Å². The van der Waals surface area contributed by atoms with Gasteiger partial charge < -0.3 is 20.7 Å². The van der Waals surface area contributed by atoms with E-state index in [4.69, 9.17) is 10.5 Å². The summed E-state index contributed by atoms with van der Waals surface area (Å²) in [6.45, 7) is 3.45. The van der Waals surface area contributed by atoms with Crippen LogP contribution in [0.2, 0.25) is 0 Å². The Kier molecular flexibility index (Phi) is 3.52. The van der Waals surface area contributed by atoms with Gasteiger partial charge in [-0.25, -0.2) is 4.98 Å². The number of hydrogen-bond donors (Lipinski definition) is 2. The number of nitrogens with one attached hydrogen (secondary N) is 1. The van der Waals surface area contributed by atoms with Gasteiger partial charge in [-0.3, -0.25) is 0 Å². The fraction of sp³-hybridized carbons (Fsp3) is 0.692. The molecule has 0 aliphatic carbocycles. The summed E-state index contributed by atoms with van der Waals surface area (Å²) in [5.74, 6) is 1.37. The maximum absolute atomic E-state index is 5.86. The Morgan fingerprint density at radius 2 is 2.11 bits per heavy atom. The summed E-state index contributed by atoms with van der Waals surface area (Å²) in [6, 6.07) is 0.481. The van der Waals surface area contributed by atoms with E-state index in [1.54, 1.807) is 0 Å². The highest BCUT2D eigenvalue weighted by Gasteiger charge is 2.25. The number of nitrogens with two attached hydrogens (primary N) is 1. The zero-order chi connectivity index (χ0) is 13.2. The van der Waals surface area contributed by atoms with Crippen LogP contribution >= 0.6 is 0 Å². The SMILES string of the molecule is CN(c1nc(N)nc2c1CNCC2)C1CCOCC1. The molecule has 6 heteroatoms. The highest BCUT2D eigenvalue weighted by atomic mass is 16.5. The molecule has 0 bridgehead atoms. The van der Waals surface area contributed by atoms with Crippen LogP contribution < -0.4 is 16.0 Å². The van der Waals surface area contributed by atoms with Crippen LogP contribution in [0.15, 0.2) is 0 Å². The van der Waals surface area contributed by atoms with Crippen molar-refractivity contribution in [3.05, 3.63) is 11.3 Å². The van der Waals surface area contributed by atoms with Crippen molar-refractivity contribution >= 4 is 11.8 Å². The average molecular weight is 263 g/mol. The van der Waals surface area contributed by atoms with E-state index in [1.807, 2.05) is 0 Å². The number of aromatic nitrogens is 2. The molecule has 0 amide bonds. The zero-order valence-electron chi connectivity index (χ0n) is 11.4. The van der Waals surface area contributed by atoms with E-state index >= 15 is 0 Å². The predicted octanol–water partition coefficient (Wildman–Crippen LogP) is 0.320. The van der Waals surface area contributed by atoms with Crippen LogP contribution in [0.25, 0.3) is 0 Å². The maximum atomic E-state index is 5.86. The molecule has 1 aromatic heterocycles. The molecule has 0 aromatic carbocycles. The number of fused-ring (bicyclic) bond motifs is 1. The molecule has 1 aromatic rings. The van der Waals surface area contributed by atoms with Gasteiger partial charge in [-0.15, -0.1) is 0 Å². The molecule has 1 fully saturated rings. The fourth-order valence-electron chi connectivity index (χ4n) is 2.88. The van der Waals surface area contributed by atoms with Gasteiger partial charge in [0.1, 0.15) is 5.82 Å². The molecular formula is C13H21N5O. The fourth-order valence-corrected chi connectivity index (χ4v) is 2.88. The molecule has 0 unspecified atom stereocenters. The van der Waals surface area contributed by atoms with Crippen molar-refractivity contribution in [1.29, 1.82) is 0 Å². The standard InChI is InChI=1S/C13H21N5O/c1-18(9-3-6-19-7-4-9)12-10-8-15-5-2-11(10)16-13(14)17-12/h9,15H,2-8H2,1H3,(H2,14,16,17). The number of rotatable bonds is 2. The summed E-state index contributed by atoms with van der Waals surface area (Å²) < 4.78 is 5.43. The molecule has 3 N–H and O–H groups in total. The minimum Gasteiger partial charge on any atom is -0.381 e. The summed E-state index contributed by atoms with van der Waals surface area (Å²) >= 11 is 0. The smallest absolute Gasteiger partial charge is 0.222 e. The molecule has 2 aliphatic rings. The molecule has 104 valence electrons. The molecule has 0 radical (unpaired) electrons. The Bertz CT molecular complexity index is 459. The third kappa shape index (κ3) is 2.50. The van der Waals surface area contributed by atoms with Gasteiger partial charge in [0, 0.05) is 51.4 Å². The van der Waals surface area contributed by atoms with Gasteiger partial charge in [0.05, 0.1) is 5.69 Å². The van der Waals surface area contributed by atoms with Crippen LogP contribution in [-0.4, -0.2) is 42.8 Å². The first-order valence-electron chi connectivity index (χ1n) is 6.92. The first-order chi connectivity index (χ1) is 9.25. The monoisotopic (exact) mass is 263 g/mol. The summed E-state index contributed by atoms with van der Waals surface area (Å²) in [5.41, 5.74) is 8.16. The van der Waals surface area contributed by atoms with Crippen LogP contribution in [0.4, 0.5) is 11.8 Å². The second-order valence-electron chi connectivity index (χ2n) is 5.21. The largest absolute Gasteiger partial charge is 0.381 e. The van der Waals surface area contributed by atoms with Crippen molar-refractivity contribution in [2.24, 2.45) is 0 Å². The Labute approximate surface area is 113 Å². The first-order valence-corrected chi connectivity index (χ1v) is 6.92. The lowest BCUT2D eigenvalue weighted by Crippen LogP contribution is -2.39. The molecule has 2 aliphatic heterocycles. The normalized spacial score (nSPS) is 20.1. The van der Waals surface area contributed by atoms with E-state index in [-0.39, 0.29) is 0 Å². The number of nitrogen functional groups attached to an aromatic ring is 1. The number of hydrogen-bond acceptors (Lipinski definition) is 6. The first kappa shape index (κ1) is 12.6. The quantitative estimate of drug-likeness (QED) is 0.800. The molecule has 1 saturated heterocycles. The van der Waals surface area contributed by atoms with Crippen molar-refractivity contribution < 1.29 is 4.74 Å². The lowest BCUT2D eigenvalue weighted by Gasteiger charge is -2.34. The van der Waals surface area contributed by atoms with Gasteiger partial charge >= 0.3 is 0 Å². The van der Waals surface area contributed by atoms with Gasteiger partial charge in [-0.2, -0.15) is 4.98 Å². The second-order valence-corrected chi connectivity index (χ2v) is 5.21. The summed E-state index contributed by atoms with van der Waals surface area (Å²) in [5, 5.41) is 3.39. The lowest BCUT2D eigenvalue weighted by molar-refractivity contribution is 0.0853. The topological polar surface area (TPSA) is 76.3 Å². The van der Waals surface area contributed by atoms with E-state index < -0.39 is 0 Å². The van der Waals surface area contributed by atoms with Gasteiger partial charge in [0.2, 0.25) is 5.95 Å². The van der Waals surface area contributed by atoms with Crippen LogP contribution in [-0.2, 0) is 17.7 Å². The van der Waals surface area contributed by atoms with Crippen molar-refractivity contribution in [2.45, 2.75) is 31.8 Å². The molecular weight excluding hydrogens is 242 g/mol. The molecule has 3 rings (SSSR count). The van der Waals surface area contributed by atoms with Crippen LogP contribution in [0.5, 0.6) is 0 Å². The van der Waals surface area contributed by atoms with Crippen molar-refractivity contribution in [1.82, 2.24) is 15.3 Å². The minimum atomic E-state index is 0.384. The second kappa shape index (κ2) is 5.30. The molecule has 0 atom stereocenters. The molecule has 6 nitrogen and oxygen atoms in total. The zero-order valence-corrected chi connectivity index (χ0v) is 11.4. The molecule has 0 saturated carbocycles. The maximum Gasteiger partial charge on any atom is 0.222 e. The van der Waals surface area contributed by atoms with Crippen molar-refractivity contribution in [3.63, 3.8) is 0 Å². The third-order valence-corrected chi connectivity index (χ3v) is 4.00. The van der Waals surface area contributed by atoms with Gasteiger partial charge in [0.15, 0.2) is 0 Å². The summed E-state index contributed by atoms with van der Waals surface area (Å²) in [6.07, 6.45) is 3.02. The van der Waals surface area contributed by atoms with Crippen LogP contribution in [0, 0.1) is 0 Å². The van der Waals surface area contributed by atoms with E-state index in [1.165, 1.54) is 5.56 Å². The average Bonchev–Trinajstić information content (AvgIpc) is 2.46. The summed E-state index contributed by atoms with van der Waals surface area (Å²) in [7, 11) is 2.10. The molecule has 3 heterocycles. The predicted molar refractivity (Wildman–Crippen MR) is 74.1 cm³/mol. The van der Waals surface area contributed by atoms with Crippen LogP contribution in [0.1, 0.15) is 24.1 Å². The van der Waals surface area contributed by atoms with E-state index in [0.717, 1.165) is 57.1 Å². The van der Waals surface area contributed by atoms with Gasteiger partial charge in [0.25, 0.3) is 0 Å².